The number of hydrogen-bond donors (Lipinski definition) is 0. The minimum atomic E-state index is -0.371. The van der Waals surface area contributed by atoms with E-state index < -0.39 is 0 Å². The van der Waals surface area contributed by atoms with Crippen LogP contribution >= 0.6 is 27.3 Å². The lowest BCUT2D eigenvalue weighted by molar-refractivity contribution is -0.131. The van der Waals surface area contributed by atoms with Crippen molar-refractivity contribution in [2.24, 2.45) is 0 Å². The van der Waals surface area contributed by atoms with Gasteiger partial charge >= 0.3 is 0 Å². The Morgan fingerprint density at radius 3 is 2.90 bits per heavy atom. The topological polar surface area (TPSA) is 55.2 Å². The second-order valence-corrected chi connectivity index (χ2v) is 8.87. The number of nitrogens with zero attached hydrogens (tertiary/aromatic N) is 3. The van der Waals surface area contributed by atoms with Crippen LogP contribution < -0.4 is 5.56 Å². The van der Waals surface area contributed by atoms with Crippen molar-refractivity contribution in [1.82, 2.24) is 14.5 Å². The van der Waals surface area contributed by atoms with E-state index in [0.717, 1.165) is 14.9 Å². The predicted molar refractivity (Wildman–Crippen MR) is 118 cm³/mol. The number of thiophene rings is 1. The van der Waals surface area contributed by atoms with Gasteiger partial charge in [0.2, 0.25) is 5.91 Å². The van der Waals surface area contributed by atoms with E-state index in [1.54, 1.807) is 18.2 Å². The molecular formula is C21H21BrFN3O2S. The molecule has 2 aromatic heterocycles. The third-order valence-electron chi connectivity index (χ3n) is 4.79. The molecule has 2 heterocycles. The van der Waals surface area contributed by atoms with Crippen LogP contribution in [-0.2, 0) is 17.9 Å². The molecule has 0 spiro atoms. The fourth-order valence-corrected chi connectivity index (χ4v) is 4.48. The number of halogens is 2. The summed E-state index contributed by atoms with van der Waals surface area (Å²) in [5.41, 5.74) is 1.21. The van der Waals surface area contributed by atoms with Gasteiger partial charge in [0, 0.05) is 41.0 Å². The van der Waals surface area contributed by atoms with E-state index in [9.17, 15) is 14.0 Å². The van der Waals surface area contributed by atoms with Crippen molar-refractivity contribution in [1.29, 1.82) is 0 Å². The lowest BCUT2D eigenvalue weighted by Gasteiger charge is -2.22. The van der Waals surface area contributed by atoms with Gasteiger partial charge in [0.15, 0.2) is 0 Å². The zero-order valence-corrected chi connectivity index (χ0v) is 18.6. The number of carbonyl (C=O) groups is 1. The Hall–Kier alpha value is -2.32. The number of hydrogen-bond acceptors (Lipinski definition) is 4. The molecule has 0 fully saturated rings. The van der Waals surface area contributed by atoms with Crippen molar-refractivity contribution in [2.75, 3.05) is 6.54 Å². The zero-order valence-electron chi connectivity index (χ0n) is 16.2. The summed E-state index contributed by atoms with van der Waals surface area (Å²) in [6.45, 7) is 8.18. The van der Waals surface area contributed by atoms with E-state index in [2.05, 4.69) is 27.5 Å². The van der Waals surface area contributed by atoms with E-state index in [1.807, 2.05) is 13.8 Å². The molecule has 8 heteroatoms. The van der Waals surface area contributed by atoms with Gasteiger partial charge in [-0.15, -0.1) is 17.9 Å². The summed E-state index contributed by atoms with van der Waals surface area (Å²) < 4.78 is 16.3. The molecule has 0 saturated carbocycles. The monoisotopic (exact) mass is 477 g/mol. The number of aryl methyl sites for hydroxylation is 3. The Morgan fingerprint density at radius 1 is 1.41 bits per heavy atom. The maximum atomic E-state index is 14.1. The van der Waals surface area contributed by atoms with Crippen molar-refractivity contribution in [3.8, 4) is 0 Å². The quantitative estimate of drug-likeness (QED) is 0.467. The smallest absolute Gasteiger partial charge is 0.262 e. The molecule has 3 rings (SSSR count). The van der Waals surface area contributed by atoms with Gasteiger partial charge in [-0.3, -0.25) is 14.2 Å². The highest BCUT2D eigenvalue weighted by Gasteiger charge is 2.17. The van der Waals surface area contributed by atoms with Gasteiger partial charge in [-0.1, -0.05) is 22.0 Å². The number of benzene rings is 1. The average Bonchev–Trinajstić information content (AvgIpc) is 2.98. The largest absolute Gasteiger partial charge is 0.334 e. The summed E-state index contributed by atoms with van der Waals surface area (Å²) in [5, 5.41) is 0.613. The van der Waals surface area contributed by atoms with Crippen LogP contribution in [0.1, 0.15) is 22.4 Å². The van der Waals surface area contributed by atoms with Crippen LogP contribution in [0.4, 0.5) is 4.39 Å². The molecule has 0 unspecified atom stereocenters. The average molecular weight is 478 g/mol. The molecule has 0 bridgehead atoms. The van der Waals surface area contributed by atoms with Crippen molar-refractivity contribution in [3.05, 3.63) is 73.8 Å². The fourth-order valence-electron chi connectivity index (χ4n) is 3.08. The Labute approximate surface area is 180 Å². The van der Waals surface area contributed by atoms with Gasteiger partial charge in [-0.2, -0.15) is 0 Å². The Balaban J connectivity index is 1.77. The van der Waals surface area contributed by atoms with E-state index in [4.69, 9.17) is 0 Å². The standard InChI is InChI=1S/C21H21BrFN3O2S/c1-4-8-25(11-15-10-16(22)5-6-17(15)23)18(27)7-9-26-12-24-20-19(21(26)28)13(2)14(3)29-20/h4-6,10,12H,1,7-9,11H2,2-3H3. The van der Waals surface area contributed by atoms with E-state index >= 15 is 0 Å². The lowest BCUT2D eigenvalue weighted by Crippen LogP contribution is -2.32. The molecule has 0 aliphatic carbocycles. The summed E-state index contributed by atoms with van der Waals surface area (Å²) in [6, 6.07) is 4.63. The van der Waals surface area contributed by atoms with Gasteiger partial charge in [0.25, 0.3) is 5.56 Å². The van der Waals surface area contributed by atoms with Crippen molar-refractivity contribution in [3.63, 3.8) is 0 Å². The lowest BCUT2D eigenvalue weighted by atomic mass is 10.2. The predicted octanol–water partition coefficient (Wildman–Crippen LogP) is 4.58. The molecule has 0 atom stereocenters. The molecule has 3 aromatic rings. The van der Waals surface area contributed by atoms with Gasteiger partial charge in [-0.25, -0.2) is 9.37 Å². The summed E-state index contributed by atoms with van der Waals surface area (Å²) in [7, 11) is 0. The number of aromatic nitrogens is 2. The SMILES string of the molecule is C=CCN(Cc1cc(Br)ccc1F)C(=O)CCn1cnc2sc(C)c(C)c2c1=O. The van der Waals surface area contributed by atoms with Crippen LogP contribution in [0.15, 0.2) is 46.4 Å². The minimum Gasteiger partial charge on any atom is -0.334 e. The molecule has 1 aromatic carbocycles. The number of fused-ring (bicyclic) bond motifs is 1. The third kappa shape index (κ3) is 4.64. The Bertz CT molecular complexity index is 1140. The first-order valence-electron chi connectivity index (χ1n) is 9.09. The van der Waals surface area contributed by atoms with Crippen LogP contribution in [0.3, 0.4) is 0 Å². The molecule has 0 radical (unpaired) electrons. The second kappa shape index (κ2) is 9.00. The van der Waals surface area contributed by atoms with Crippen LogP contribution in [0.5, 0.6) is 0 Å². The molecule has 29 heavy (non-hydrogen) atoms. The molecule has 0 N–H and O–H groups in total. The maximum Gasteiger partial charge on any atom is 0.262 e. The van der Waals surface area contributed by atoms with Gasteiger partial charge < -0.3 is 4.90 Å². The number of carbonyl (C=O) groups excluding carboxylic acids is 1. The molecule has 0 saturated heterocycles. The van der Waals surface area contributed by atoms with Crippen LogP contribution in [0.2, 0.25) is 0 Å². The summed E-state index contributed by atoms with van der Waals surface area (Å²) in [6.07, 6.45) is 3.20. The maximum absolute atomic E-state index is 14.1. The highest BCUT2D eigenvalue weighted by atomic mass is 79.9. The summed E-state index contributed by atoms with van der Waals surface area (Å²) >= 11 is 4.82. The fraction of sp³-hybridized carbons (Fsp3) is 0.286. The normalized spacial score (nSPS) is 11.0. The summed E-state index contributed by atoms with van der Waals surface area (Å²) in [5.74, 6) is -0.557. The van der Waals surface area contributed by atoms with E-state index in [0.29, 0.717) is 22.3 Å². The van der Waals surface area contributed by atoms with Crippen molar-refractivity contribution < 1.29 is 9.18 Å². The molecular weight excluding hydrogens is 457 g/mol. The van der Waals surface area contributed by atoms with Crippen LogP contribution in [0, 0.1) is 19.7 Å². The van der Waals surface area contributed by atoms with E-state index in [1.165, 1.54) is 33.2 Å². The van der Waals surface area contributed by atoms with Crippen LogP contribution in [-0.4, -0.2) is 26.9 Å². The molecule has 0 aliphatic heterocycles. The second-order valence-electron chi connectivity index (χ2n) is 6.76. The molecule has 1 amide bonds. The molecule has 152 valence electrons. The highest BCUT2D eigenvalue weighted by Crippen LogP contribution is 2.25. The third-order valence-corrected chi connectivity index (χ3v) is 6.40. The van der Waals surface area contributed by atoms with Gasteiger partial charge in [-0.05, 0) is 37.6 Å². The van der Waals surface area contributed by atoms with Crippen LogP contribution in [0.25, 0.3) is 10.2 Å². The van der Waals surface area contributed by atoms with Gasteiger partial charge in [0.05, 0.1) is 11.7 Å². The first-order valence-corrected chi connectivity index (χ1v) is 10.7. The number of amides is 1. The van der Waals surface area contributed by atoms with Crippen molar-refractivity contribution >= 4 is 43.4 Å². The Kier molecular flexibility index (Phi) is 6.64. The van der Waals surface area contributed by atoms with Crippen molar-refractivity contribution in [2.45, 2.75) is 33.4 Å². The van der Waals surface area contributed by atoms with E-state index in [-0.39, 0.29) is 36.8 Å². The zero-order chi connectivity index (χ0) is 21.1. The number of rotatable bonds is 7. The first-order chi connectivity index (χ1) is 13.8. The summed E-state index contributed by atoms with van der Waals surface area (Å²) in [4.78, 5) is 33.2. The first kappa shape index (κ1) is 21.4. The van der Waals surface area contributed by atoms with Gasteiger partial charge in [0.1, 0.15) is 10.6 Å². The molecule has 0 aliphatic rings. The highest BCUT2D eigenvalue weighted by molar-refractivity contribution is 9.10. The molecule has 5 nitrogen and oxygen atoms in total. The minimum absolute atomic E-state index is 0.110. The Morgan fingerprint density at radius 2 is 2.17 bits per heavy atom.